The van der Waals surface area contributed by atoms with Gasteiger partial charge in [0, 0.05) is 37.5 Å². The number of piperidine rings is 1. The zero-order valence-corrected chi connectivity index (χ0v) is 14.3. The number of rotatable bonds is 5. The molecule has 1 aromatic heterocycles. The number of benzene rings is 1. The Morgan fingerprint density at radius 3 is 2.77 bits per heavy atom. The van der Waals surface area contributed by atoms with Crippen LogP contribution in [0.5, 0.6) is 5.75 Å². The van der Waals surface area contributed by atoms with Crippen LogP contribution in [0.4, 0.5) is 4.79 Å². The molecule has 2 heterocycles. The van der Waals surface area contributed by atoms with Crippen LogP contribution in [0.15, 0.2) is 49.2 Å². The lowest BCUT2D eigenvalue weighted by Gasteiger charge is -2.38. The van der Waals surface area contributed by atoms with Crippen LogP contribution in [-0.2, 0) is 9.53 Å². The molecule has 1 amide bonds. The fourth-order valence-electron chi connectivity index (χ4n) is 2.97. The van der Waals surface area contributed by atoms with Crippen LogP contribution in [0.2, 0.25) is 0 Å². The number of nitrogens with zero attached hydrogens (tertiary/aromatic N) is 2. The normalized spacial score (nSPS) is 16.1. The molecule has 0 radical (unpaired) electrons. The molecule has 0 aliphatic carbocycles. The van der Waals surface area contributed by atoms with Crippen molar-refractivity contribution in [2.75, 3.05) is 19.7 Å². The van der Waals surface area contributed by atoms with Crippen molar-refractivity contribution in [3.8, 4) is 5.75 Å². The number of carbonyl (C=O) groups excluding carboxylic acids is 1. The second-order valence-electron chi connectivity index (χ2n) is 6.11. The van der Waals surface area contributed by atoms with Crippen LogP contribution in [0.25, 0.3) is 10.9 Å². The maximum Gasteiger partial charge on any atom is 0.410 e. The molecule has 0 bridgehead atoms. The van der Waals surface area contributed by atoms with Crippen molar-refractivity contribution in [1.82, 2.24) is 9.88 Å². The molecule has 26 heavy (non-hydrogen) atoms. The average Bonchev–Trinajstić information content (AvgIpc) is 2.66. The van der Waals surface area contributed by atoms with Gasteiger partial charge in [-0.2, -0.15) is 0 Å². The summed E-state index contributed by atoms with van der Waals surface area (Å²) in [5, 5.41) is 10.6. The number of hydrogen-bond donors (Lipinski definition) is 1. The summed E-state index contributed by atoms with van der Waals surface area (Å²) >= 11 is 0. The van der Waals surface area contributed by atoms with Gasteiger partial charge in [-0.05, 0) is 24.3 Å². The fourth-order valence-corrected chi connectivity index (χ4v) is 2.97. The van der Waals surface area contributed by atoms with Crippen molar-refractivity contribution in [3.05, 3.63) is 49.2 Å². The highest BCUT2D eigenvalue weighted by Gasteiger charge is 2.45. The predicted octanol–water partition coefficient (Wildman–Crippen LogP) is 2.86. The van der Waals surface area contributed by atoms with Crippen molar-refractivity contribution in [1.29, 1.82) is 0 Å². The maximum absolute atomic E-state index is 11.9. The second kappa shape index (κ2) is 7.43. The van der Waals surface area contributed by atoms with Gasteiger partial charge < -0.3 is 19.5 Å². The Morgan fingerprint density at radius 1 is 1.31 bits per heavy atom. The predicted molar refractivity (Wildman–Crippen MR) is 95.1 cm³/mol. The quantitative estimate of drug-likeness (QED) is 0.829. The number of amides is 1. The van der Waals surface area contributed by atoms with E-state index in [2.05, 4.69) is 11.6 Å². The summed E-state index contributed by atoms with van der Waals surface area (Å²) in [6.07, 6.45) is 3.07. The average molecular weight is 356 g/mol. The van der Waals surface area contributed by atoms with Crippen LogP contribution in [0.3, 0.4) is 0 Å². The maximum atomic E-state index is 11.9. The van der Waals surface area contributed by atoms with Crippen molar-refractivity contribution in [3.63, 3.8) is 0 Å². The van der Waals surface area contributed by atoms with E-state index in [1.54, 1.807) is 24.4 Å². The first kappa shape index (κ1) is 17.7. The molecular weight excluding hydrogens is 336 g/mol. The van der Waals surface area contributed by atoms with E-state index in [4.69, 9.17) is 9.47 Å². The molecule has 0 saturated carbocycles. The number of hydrogen-bond acceptors (Lipinski definition) is 5. The van der Waals surface area contributed by atoms with Crippen molar-refractivity contribution >= 4 is 23.0 Å². The van der Waals surface area contributed by atoms with E-state index in [1.807, 2.05) is 12.1 Å². The Hall–Kier alpha value is -3.09. The molecule has 0 spiro atoms. The summed E-state index contributed by atoms with van der Waals surface area (Å²) in [7, 11) is 0. The molecule has 1 saturated heterocycles. The molecule has 7 nitrogen and oxygen atoms in total. The van der Waals surface area contributed by atoms with E-state index < -0.39 is 17.7 Å². The van der Waals surface area contributed by atoms with Crippen LogP contribution >= 0.6 is 0 Å². The fraction of sp³-hybridized carbons (Fsp3) is 0.316. The number of ether oxygens (including phenoxy) is 2. The number of carboxylic acid groups (broad SMARTS) is 1. The molecule has 1 fully saturated rings. The van der Waals surface area contributed by atoms with Gasteiger partial charge in [-0.25, -0.2) is 9.59 Å². The van der Waals surface area contributed by atoms with Crippen LogP contribution in [0.1, 0.15) is 12.8 Å². The van der Waals surface area contributed by atoms with Gasteiger partial charge in [-0.3, -0.25) is 4.98 Å². The molecular formula is C19H20N2O5. The number of likely N-dealkylation sites (tertiary alicyclic amines) is 1. The number of aliphatic carboxylic acids is 1. The molecule has 7 heteroatoms. The minimum Gasteiger partial charge on any atom is -0.478 e. The van der Waals surface area contributed by atoms with Crippen LogP contribution < -0.4 is 4.74 Å². The molecule has 3 rings (SSSR count). The highest BCUT2D eigenvalue weighted by Crippen LogP contribution is 2.31. The van der Waals surface area contributed by atoms with Gasteiger partial charge in [0.2, 0.25) is 5.60 Å². The van der Waals surface area contributed by atoms with Gasteiger partial charge >= 0.3 is 12.1 Å². The molecule has 1 aromatic carbocycles. The smallest absolute Gasteiger partial charge is 0.410 e. The molecule has 0 atom stereocenters. The third kappa shape index (κ3) is 3.61. The zero-order chi connectivity index (χ0) is 18.6. The highest BCUT2D eigenvalue weighted by atomic mass is 16.6. The largest absolute Gasteiger partial charge is 0.478 e. The summed E-state index contributed by atoms with van der Waals surface area (Å²) in [5.41, 5.74) is -0.561. The first-order chi connectivity index (χ1) is 12.5. The minimum atomic E-state index is -1.37. The summed E-state index contributed by atoms with van der Waals surface area (Å²) < 4.78 is 10.9. The van der Waals surface area contributed by atoms with Gasteiger partial charge in [0.15, 0.2) is 0 Å². The third-order valence-corrected chi connectivity index (χ3v) is 4.43. The standard InChI is InChI=1S/C19H20N2O5/c1-2-12-25-18(24)21-10-7-19(8-11-21,17(22)23)26-15-5-6-16-14(13-15)4-3-9-20-16/h2-6,9,13H,1,7-8,10-12H2,(H,22,23). The Kier molecular flexibility index (Phi) is 5.06. The summed E-state index contributed by atoms with van der Waals surface area (Å²) in [6, 6.07) is 8.98. The van der Waals surface area contributed by atoms with Gasteiger partial charge in [-0.1, -0.05) is 18.7 Å². The number of pyridine rings is 1. The summed E-state index contributed by atoms with van der Waals surface area (Å²) in [5.74, 6) is -0.571. The Labute approximate surface area is 150 Å². The topological polar surface area (TPSA) is 89.0 Å². The number of fused-ring (bicyclic) bond motifs is 1. The third-order valence-electron chi connectivity index (χ3n) is 4.43. The summed E-state index contributed by atoms with van der Waals surface area (Å²) in [6.45, 7) is 4.12. The van der Waals surface area contributed by atoms with E-state index in [1.165, 1.54) is 11.0 Å². The van der Waals surface area contributed by atoms with E-state index >= 15 is 0 Å². The number of aromatic nitrogens is 1. The van der Waals surface area contributed by atoms with Crippen molar-refractivity contribution in [2.45, 2.75) is 18.4 Å². The lowest BCUT2D eigenvalue weighted by molar-refractivity contribution is -0.159. The first-order valence-electron chi connectivity index (χ1n) is 8.34. The van der Waals surface area contributed by atoms with Crippen molar-refractivity contribution in [2.24, 2.45) is 0 Å². The molecule has 1 aliphatic heterocycles. The molecule has 2 aromatic rings. The molecule has 1 aliphatic rings. The van der Waals surface area contributed by atoms with Gasteiger partial charge in [-0.15, -0.1) is 0 Å². The molecule has 0 unspecified atom stereocenters. The Balaban J connectivity index is 1.73. The SMILES string of the molecule is C=CCOC(=O)N1CCC(Oc2ccc3ncccc3c2)(C(=O)O)CC1. The molecule has 1 N–H and O–H groups in total. The van der Waals surface area contributed by atoms with Crippen LogP contribution in [0, 0.1) is 0 Å². The van der Waals surface area contributed by atoms with E-state index in [0.717, 1.165) is 10.9 Å². The number of carboxylic acids is 1. The zero-order valence-electron chi connectivity index (χ0n) is 14.3. The van der Waals surface area contributed by atoms with E-state index in [-0.39, 0.29) is 32.5 Å². The lowest BCUT2D eigenvalue weighted by Crippen LogP contribution is -2.54. The Morgan fingerprint density at radius 2 is 2.08 bits per heavy atom. The second-order valence-corrected chi connectivity index (χ2v) is 6.11. The van der Waals surface area contributed by atoms with E-state index in [0.29, 0.717) is 5.75 Å². The van der Waals surface area contributed by atoms with Gasteiger partial charge in [0.05, 0.1) is 5.52 Å². The summed E-state index contributed by atoms with van der Waals surface area (Å²) in [4.78, 5) is 29.5. The minimum absolute atomic E-state index is 0.126. The number of carbonyl (C=O) groups is 2. The lowest BCUT2D eigenvalue weighted by atomic mass is 9.91. The van der Waals surface area contributed by atoms with Gasteiger partial charge in [0.25, 0.3) is 0 Å². The first-order valence-corrected chi connectivity index (χ1v) is 8.34. The monoisotopic (exact) mass is 356 g/mol. The van der Waals surface area contributed by atoms with Crippen molar-refractivity contribution < 1.29 is 24.2 Å². The van der Waals surface area contributed by atoms with Crippen LogP contribution in [-0.4, -0.2) is 52.4 Å². The highest BCUT2D eigenvalue weighted by molar-refractivity contribution is 5.81. The van der Waals surface area contributed by atoms with E-state index in [9.17, 15) is 14.7 Å². The molecule has 136 valence electrons. The van der Waals surface area contributed by atoms with Gasteiger partial charge in [0.1, 0.15) is 12.4 Å². The Bertz CT molecular complexity index is 828.